The fourth-order valence-electron chi connectivity index (χ4n) is 2.42. The Bertz CT molecular complexity index is 634. The first-order valence-electron chi connectivity index (χ1n) is 8.27. The topological polar surface area (TPSA) is 66.5 Å². The molecule has 1 N–H and O–H groups in total. The van der Waals surface area contributed by atoms with Crippen LogP contribution in [0.2, 0.25) is 0 Å². The number of carbonyl (C=O) groups is 1. The van der Waals surface area contributed by atoms with Crippen molar-refractivity contribution in [2.24, 2.45) is 5.92 Å². The van der Waals surface area contributed by atoms with Gasteiger partial charge in [-0.15, -0.1) is 0 Å². The van der Waals surface area contributed by atoms with Crippen molar-refractivity contribution in [3.8, 4) is 0 Å². The highest BCUT2D eigenvalue weighted by Crippen LogP contribution is 2.18. The van der Waals surface area contributed by atoms with Gasteiger partial charge in [0.1, 0.15) is 12.4 Å². The highest BCUT2D eigenvalue weighted by atomic mass is 32.2. The summed E-state index contributed by atoms with van der Waals surface area (Å²) in [5.41, 5.74) is 0.144. The first-order valence-corrected chi connectivity index (χ1v) is 10.1. The van der Waals surface area contributed by atoms with E-state index in [1.165, 1.54) is 18.2 Å². The van der Waals surface area contributed by atoms with Crippen LogP contribution in [0, 0.1) is 11.7 Å². The number of hydrogen-bond acceptors (Lipinski definition) is 3. The lowest BCUT2D eigenvalue weighted by Gasteiger charge is -2.22. The van der Waals surface area contributed by atoms with Crippen LogP contribution < -0.4 is 9.62 Å². The predicted molar refractivity (Wildman–Crippen MR) is 94.9 cm³/mol. The molecule has 0 fully saturated rings. The van der Waals surface area contributed by atoms with E-state index in [2.05, 4.69) is 19.2 Å². The molecule has 1 rings (SSSR count). The van der Waals surface area contributed by atoms with Crippen molar-refractivity contribution in [1.29, 1.82) is 0 Å². The van der Waals surface area contributed by atoms with Crippen LogP contribution in [0.25, 0.3) is 0 Å². The molecule has 0 heterocycles. The van der Waals surface area contributed by atoms with E-state index in [4.69, 9.17) is 0 Å². The molecule has 136 valence electrons. The second-order valence-corrected chi connectivity index (χ2v) is 7.88. The van der Waals surface area contributed by atoms with Gasteiger partial charge in [-0.25, -0.2) is 12.8 Å². The largest absolute Gasteiger partial charge is 0.354 e. The summed E-state index contributed by atoms with van der Waals surface area (Å²) in [4.78, 5) is 12.1. The molecule has 0 spiro atoms. The van der Waals surface area contributed by atoms with Crippen molar-refractivity contribution >= 4 is 21.6 Å². The van der Waals surface area contributed by atoms with E-state index in [0.717, 1.165) is 42.3 Å². The number of nitrogens with one attached hydrogen (secondary N) is 1. The summed E-state index contributed by atoms with van der Waals surface area (Å²) < 4.78 is 38.1. The lowest BCUT2D eigenvalue weighted by atomic mass is 9.99. The van der Waals surface area contributed by atoms with Crippen molar-refractivity contribution in [3.05, 3.63) is 30.1 Å². The van der Waals surface area contributed by atoms with Gasteiger partial charge in [0.25, 0.3) is 0 Å². The van der Waals surface area contributed by atoms with Crippen LogP contribution in [-0.4, -0.2) is 33.7 Å². The van der Waals surface area contributed by atoms with Gasteiger partial charge in [-0.2, -0.15) is 0 Å². The third-order valence-electron chi connectivity index (χ3n) is 3.91. The summed E-state index contributed by atoms with van der Waals surface area (Å²) in [5.74, 6) is -0.554. The summed E-state index contributed by atoms with van der Waals surface area (Å²) in [5, 5.41) is 2.79. The number of sulfonamides is 1. The maximum atomic E-state index is 13.3. The number of benzene rings is 1. The standard InChI is InChI=1S/C17H27FN2O3S/c1-4-6-8-14(5-2)12-19-17(21)13-20(24(3,22)23)16-10-7-9-15(18)11-16/h7,9-11,14H,4-6,8,12-13H2,1-3H3,(H,19,21). The number of amides is 1. The minimum atomic E-state index is -3.68. The van der Waals surface area contributed by atoms with Gasteiger partial charge in [-0.1, -0.05) is 39.2 Å². The Balaban J connectivity index is 2.72. The zero-order valence-electron chi connectivity index (χ0n) is 14.6. The van der Waals surface area contributed by atoms with Gasteiger partial charge in [-0.05, 0) is 30.5 Å². The van der Waals surface area contributed by atoms with Crippen LogP contribution in [0.5, 0.6) is 0 Å². The van der Waals surface area contributed by atoms with E-state index in [0.29, 0.717) is 12.5 Å². The van der Waals surface area contributed by atoms with Gasteiger partial charge in [0.15, 0.2) is 0 Å². The summed E-state index contributed by atoms with van der Waals surface area (Å²) >= 11 is 0. The summed E-state index contributed by atoms with van der Waals surface area (Å²) in [6, 6.07) is 5.21. The highest BCUT2D eigenvalue weighted by molar-refractivity contribution is 7.92. The number of carbonyl (C=O) groups excluding carboxylic acids is 1. The van der Waals surface area contributed by atoms with E-state index in [1.807, 2.05) is 0 Å². The Labute approximate surface area is 144 Å². The van der Waals surface area contributed by atoms with E-state index < -0.39 is 15.8 Å². The second kappa shape index (κ2) is 9.61. The molecule has 24 heavy (non-hydrogen) atoms. The highest BCUT2D eigenvalue weighted by Gasteiger charge is 2.21. The molecule has 0 bridgehead atoms. The number of hydrogen-bond donors (Lipinski definition) is 1. The van der Waals surface area contributed by atoms with Crippen molar-refractivity contribution in [3.63, 3.8) is 0 Å². The van der Waals surface area contributed by atoms with E-state index in [9.17, 15) is 17.6 Å². The summed E-state index contributed by atoms with van der Waals surface area (Å²) in [7, 11) is -3.68. The number of anilines is 1. The molecule has 0 aliphatic rings. The molecular formula is C17H27FN2O3S. The molecule has 1 unspecified atom stereocenters. The average molecular weight is 358 g/mol. The van der Waals surface area contributed by atoms with Gasteiger partial charge in [0, 0.05) is 6.54 Å². The number of nitrogens with zero attached hydrogens (tertiary/aromatic N) is 1. The molecular weight excluding hydrogens is 331 g/mol. The molecule has 7 heteroatoms. The summed E-state index contributed by atoms with van der Waals surface area (Å²) in [6.07, 6.45) is 5.20. The van der Waals surface area contributed by atoms with E-state index in [-0.39, 0.29) is 18.1 Å². The molecule has 0 saturated heterocycles. The number of halogens is 1. The minimum Gasteiger partial charge on any atom is -0.354 e. The molecule has 0 saturated carbocycles. The Kier molecular flexibility index (Phi) is 8.18. The molecule has 5 nitrogen and oxygen atoms in total. The Morgan fingerprint density at radius 2 is 2.04 bits per heavy atom. The van der Waals surface area contributed by atoms with Crippen molar-refractivity contribution < 1.29 is 17.6 Å². The summed E-state index contributed by atoms with van der Waals surface area (Å²) in [6.45, 7) is 4.36. The molecule has 0 aliphatic heterocycles. The van der Waals surface area contributed by atoms with Gasteiger partial charge in [-0.3, -0.25) is 9.10 Å². The Hall–Kier alpha value is -1.63. The molecule has 0 aromatic heterocycles. The zero-order chi connectivity index (χ0) is 18.2. The van der Waals surface area contributed by atoms with E-state index >= 15 is 0 Å². The maximum Gasteiger partial charge on any atom is 0.240 e. The van der Waals surface area contributed by atoms with E-state index in [1.54, 1.807) is 0 Å². The third kappa shape index (κ3) is 6.86. The molecule has 1 aromatic rings. The average Bonchev–Trinajstić information content (AvgIpc) is 2.51. The predicted octanol–water partition coefficient (Wildman–Crippen LogP) is 2.92. The zero-order valence-corrected chi connectivity index (χ0v) is 15.4. The lowest BCUT2D eigenvalue weighted by molar-refractivity contribution is -0.119. The lowest BCUT2D eigenvalue weighted by Crippen LogP contribution is -2.41. The molecule has 0 radical (unpaired) electrons. The second-order valence-electron chi connectivity index (χ2n) is 5.97. The van der Waals surface area contributed by atoms with Crippen molar-refractivity contribution in [1.82, 2.24) is 5.32 Å². The first kappa shape index (κ1) is 20.4. The molecule has 1 amide bonds. The van der Waals surface area contributed by atoms with Crippen LogP contribution in [0.4, 0.5) is 10.1 Å². The van der Waals surface area contributed by atoms with Crippen LogP contribution in [0.15, 0.2) is 24.3 Å². The molecule has 1 aromatic carbocycles. The maximum absolute atomic E-state index is 13.3. The number of unbranched alkanes of at least 4 members (excludes halogenated alkanes) is 1. The Morgan fingerprint density at radius 1 is 1.33 bits per heavy atom. The normalized spacial score (nSPS) is 12.7. The smallest absolute Gasteiger partial charge is 0.240 e. The van der Waals surface area contributed by atoms with Crippen LogP contribution in [0.1, 0.15) is 39.5 Å². The van der Waals surface area contributed by atoms with Crippen molar-refractivity contribution in [2.45, 2.75) is 39.5 Å². The quantitative estimate of drug-likeness (QED) is 0.699. The van der Waals surface area contributed by atoms with Gasteiger partial charge in [0.05, 0.1) is 11.9 Å². The van der Waals surface area contributed by atoms with Crippen molar-refractivity contribution in [2.75, 3.05) is 23.7 Å². The SMILES string of the molecule is CCCCC(CC)CNC(=O)CN(c1cccc(F)c1)S(C)(=O)=O. The molecule has 0 aliphatic carbocycles. The monoisotopic (exact) mass is 358 g/mol. The van der Waals surface area contributed by atoms with Crippen LogP contribution in [-0.2, 0) is 14.8 Å². The number of rotatable bonds is 10. The van der Waals surface area contributed by atoms with Gasteiger partial charge < -0.3 is 5.32 Å². The molecule has 1 atom stereocenters. The Morgan fingerprint density at radius 3 is 2.58 bits per heavy atom. The first-order chi connectivity index (χ1) is 11.3. The minimum absolute atomic E-state index is 0.144. The van der Waals surface area contributed by atoms with Gasteiger partial charge in [0.2, 0.25) is 15.9 Å². The fourth-order valence-corrected chi connectivity index (χ4v) is 3.27. The third-order valence-corrected chi connectivity index (χ3v) is 5.06. The fraction of sp³-hybridized carbons (Fsp3) is 0.588. The van der Waals surface area contributed by atoms with Crippen LogP contribution in [0.3, 0.4) is 0 Å². The van der Waals surface area contributed by atoms with Gasteiger partial charge >= 0.3 is 0 Å². The van der Waals surface area contributed by atoms with Crippen LogP contribution >= 0.6 is 0 Å².